The van der Waals surface area contributed by atoms with Crippen molar-refractivity contribution in [2.45, 2.75) is 25.7 Å². The lowest BCUT2D eigenvalue weighted by Gasteiger charge is -2.07. The fourth-order valence-electron chi connectivity index (χ4n) is 2.19. The second kappa shape index (κ2) is 7.60. The smallest absolute Gasteiger partial charge is 0.220 e. The van der Waals surface area contributed by atoms with Crippen molar-refractivity contribution in [3.05, 3.63) is 42.1 Å². The summed E-state index contributed by atoms with van der Waals surface area (Å²) in [6.07, 6.45) is 4.46. The largest absolute Gasteiger partial charge is 0.396 e. The molecule has 0 unspecified atom stereocenters. The van der Waals surface area contributed by atoms with Gasteiger partial charge in [-0.25, -0.2) is 0 Å². The molecule has 4 nitrogen and oxygen atoms in total. The molecule has 20 heavy (non-hydrogen) atoms. The van der Waals surface area contributed by atoms with Gasteiger partial charge in [-0.05, 0) is 30.9 Å². The van der Waals surface area contributed by atoms with E-state index < -0.39 is 0 Å². The molecular weight excluding hydrogens is 252 g/mol. The van der Waals surface area contributed by atoms with Crippen LogP contribution in [0.5, 0.6) is 0 Å². The Morgan fingerprint density at radius 3 is 2.90 bits per heavy atom. The minimum Gasteiger partial charge on any atom is -0.396 e. The number of nitrogens with one attached hydrogen (secondary N) is 1. The fourth-order valence-corrected chi connectivity index (χ4v) is 2.19. The zero-order chi connectivity index (χ0) is 14.2. The van der Waals surface area contributed by atoms with Crippen LogP contribution >= 0.6 is 0 Å². The summed E-state index contributed by atoms with van der Waals surface area (Å²) in [5.41, 5.74) is 2.16. The minimum absolute atomic E-state index is 0.0478. The van der Waals surface area contributed by atoms with E-state index in [2.05, 4.69) is 10.3 Å². The summed E-state index contributed by atoms with van der Waals surface area (Å²) in [6, 6.07) is 10.1. The van der Waals surface area contributed by atoms with Gasteiger partial charge in [-0.1, -0.05) is 24.3 Å². The molecular formula is C16H20N2O2. The number of para-hydroxylation sites is 1. The first-order chi connectivity index (χ1) is 9.81. The van der Waals surface area contributed by atoms with Gasteiger partial charge < -0.3 is 10.4 Å². The Morgan fingerprint density at radius 2 is 2.05 bits per heavy atom. The van der Waals surface area contributed by atoms with E-state index in [0.717, 1.165) is 29.3 Å². The highest BCUT2D eigenvalue weighted by atomic mass is 16.2. The lowest BCUT2D eigenvalue weighted by atomic mass is 10.1. The van der Waals surface area contributed by atoms with Gasteiger partial charge in [0, 0.05) is 31.2 Å². The Labute approximate surface area is 118 Å². The van der Waals surface area contributed by atoms with E-state index in [0.29, 0.717) is 19.4 Å². The Hall–Kier alpha value is -1.94. The molecule has 4 heteroatoms. The Kier molecular flexibility index (Phi) is 5.50. The van der Waals surface area contributed by atoms with Gasteiger partial charge in [0.15, 0.2) is 0 Å². The highest BCUT2D eigenvalue weighted by Gasteiger charge is 2.03. The van der Waals surface area contributed by atoms with Crippen LogP contribution in [-0.2, 0) is 11.2 Å². The number of carbonyl (C=O) groups excluding carboxylic acids is 1. The topological polar surface area (TPSA) is 62.2 Å². The number of aliphatic hydroxyl groups is 1. The monoisotopic (exact) mass is 272 g/mol. The predicted molar refractivity (Wildman–Crippen MR) is 79.4 cm³/mol. The molecule has 2 aromatic rings. The fraction of sp³-hybridized carbons (Fsp3) is 0.375. The summed E-state index contributed by atoms with van der Waals surface area (Å²) >= 11 is 0. The summed E-state index contributed by atoms with van der Waals surface area (Å²) in [4.78, 5) is 16.0. The molecule has 0 aliphatic heterocycles. The maximum atomic E-state index is 11.6. The number of carbonyl (C=O) groups is 1. The number of rotatable bonds is 7. The van der Waals surface area contributed by atoms with Crippen molar-refractivity contribution in [2.24, 2.45) is 0 Å². The number of nitrogens with zero attached hydrogens (tertiary/aromatic N) is 1. The van der Waals surface area contributed by atoms with Crippen LogP contribution < -0.4 is 5.32 Å². The Balaban J connectivity index is 1.85. The highest BCUT2D eigenvalue weighted by Crippen LogP contribution is 2.15. The van der Waals surface area contributed by atoms with Crippen molar-refractivity contribution < 1.29 is 9.90 Å². The van der Waals surface area contributed by atoms with Crippen molar-refractivity contribution in [3.63, 3.8) is 0 Å². The molecule has 1 aromatic heterocycles. The van der Waals surface area contributed by atoms with Crippen molar-refractivity contribution in [2.75, 3.05) is 13.2 Å². The number of pyridine rings is 1. The number of amides is 1. The highest BCUT2D eigenvalue weighted by molar-refractivity contribution is 5.81. The zero-order valence-corrected chi connectivity index (χ0v) is 11.5. The molecule has 1 aromatic carbocycles. The third-order valence-corrected chi connectivity index (χ3v) is 3.24. The van der Waals surface area contributed by atoms with Crippen LogP contribution in [0, 0.1) is 0 Å². The van der Waals surface area contributed by atoms with Crippen molar-refractivity contribution in [1.29, 1.82) is 0 Å². The second-order valence-electron chi connectivity index (χ2n) is 4.77. The van der Waals surface area contributed by atoms with Gasteiger partial charge >= 0.3 is 0 Å². The van der Waals surface area contributed by atoms with Gasteiger partial charge in [0.05, 0.1) is 5.52 Å². The van der Waals surface area contributed by atoms with E-state index in [9.17, 15) is 4.79 Å². The van der Waals surface area contributed by atoms with Crippen LogP contribution in [0.1, 0.15) is 24.8 Å². The average Bonchev–Trinajstić information content (AvgIpc) is 2.48. The molecule has 0 spiro atoms. The molecule has 2 N–H and O–H groups in total. The molecule has 0 atom stereocenters. The minimum atomic E-state index is 0.0478. The molecule has 0 radical (unpaired) electrons. The molecule has 0 saturated heterocycles. The lowest BCUT2D eigenvalue weighted by Crippen LogP contribution is -2.25. The average molecular weight is 272 g/mol. The van der Waals surface area contributed by atoms with Gasteiger partial charge in [0.25, 0.3) is 0 Å². The van der Waals surface area contributed by atoms with Crippen LogP contribution in [0.4, 0.5) is 0 Å². The molecule has 1 amide bonds. The second-order valence-corrected chi connectivity index (χ2v) is 4.77. The van der Waals surface area contributed by atoms with E-state index in [1.807, 2.05) is 30.3 Å². The van der Waals surface area contributed by atoms with Gasteiger partial charge in [0.1, 0.15) is 0 Å². The van der Waals surface area contributed by atoms with Crippen LogP contribution in [0.15, 0.2) is 36.5 Å². The number of hydrogen-bond acceptors (Lipinski definition) is 3. The number of benzene rings is 1. The van der Waals surface area contributed by atoms with Crippen LogP contribution in [0.3, 0.4) is 0 Å². The van der Waals surface area contributed by atoms with Crippen molar-refractivity contribution in [3.8, 4) is 0 Å². The molecule has 0 bridgehead atoms. The van der Waals surface area contributed by atoms with Gasteiger partial charge in [0.2, 0.25) is 5.91 Å². The molecule has 0 aliphatic carbocycles. The van der Waals surface area contributed by atoms with Crippen LogP contribution in [0.2, 0.25) is 0 Å². The summed E-state index contributed by atoms with van der Waals surface area (Å²) in [5, 5.41) is 12.7. The number of unbranched alkanes of at least 4 members (excludes halogenated alkanes) is 1. The maximum absolute atomic E-state index is 11.6. The molecule has 0 aliphatic rings. The summed E-state index contributed by atoms with van der Waals surface area (Å²) in [6.45, 7) is 0.766. The van der Waals surface area contributed by atoms with Gasteiger partial charge in [-0.2, -0.15) is 0 Å². The lowest BCUT2D eigenvalue weighted by molar-refractivity contribution is -0.121. The SMILES string of the molecule is O=C(CCCCO)NCCc1cccc2cccnc12. The van der Waals surface area contributed by atoms with E-state index in [4.69, 9.17) is 5.11 Å². The Morgan fingerprint density at radius 1 is 1.20 bits per heavy atom. The third kappa shape index (κ3) is 4.03. The zero-order valence-electron chi connectivity index (χ0n) is 11.5. The maximum Gasteiger partial charge on any atom is 0.220 e. The van der Waals surface area contributed by atoms with Crippen LogP contribution in [-0.4, -0.2) is 29.1 Å². The number of fused-ring (bicyclic) bond motifs is 1. The molecule has 0 saturated carbocycles. The standard InChI is InChI=1S/C16H20N2O2/c19-12-2-1-8-15(20)17-11-9-14-6-3-5-13-7-4-10-18-16(13)14/h3-7,10,19H,1-2,8-9,11-12H2,(H,17,20). The molecule has 0 fully saturated rings. The number of aliphatic hydroxyl groups excluding tert-OH is 1. The van der Waals surface area contributed by atoms with E-state index in [1.54, 1.807) is 6.20 Å². The van der Waals surface area contributed by atoms with Gasteiger partial charge in [-0.3, -0.25) is 9.78 Å². The van der Waals surface area contributed by atoms with E-state index in [1.165, 1.54) is 0 Å². The number of hydrogen-bond donors (Lipinski definition) is 2. The first-order valence-corrected chi connectivity index (χ1v) is 7.01. The van der Waals surface area contributed by atoms with Gasteiger partial charge in [-0.15, -0.1) is 0 Å². The quantitative estimate of drug-likeness (QED) is 0.758. The van der Waals surface area contributed by atoms with Crippen molar-refractivity contribution in [1.82, 2.24) is 10.3 Å². The normalized spacial score (nSPS) is 10.7. The summed E-state index contributed by atoms with van der Waals surface area (Å²) in [7, 11) is 0. The van der Waals surface area contributed by atoms with Crippen LogP contribution in [0.25, 0.3) is 10.9 Å². The summed E-state index contributed by atoms with van der Waals surface area (Å²) < 4.78 is 0. The van der Waals surface area contributed by atoms with E-state index in [-0.39, 0.29) is 12.5 Å². The van der Waals surface area contributed by atoms with Crippen molar-refractivity contribution >= 4 is 16.8 Å². The summed E-state index contributed by atoms with van der Waals surface area (Å²) in [5.74, 6) is 0.0478. The molecule has 106 valence electrons. The predicted octanol–water partition coefficient (Wildman–Crippen LogP) is 2.06. The first kappa shape index (κ1) is 14.5. The molecule has 2 rings (SSSR count). The third-order valence-electron chi connectivity index (χ3n) is 3.24. The van der Waals surface area contributed by atoms with E-state index >= 15 is 0 Å². The Bertz CT molecular complexity index is 564. The number of aromatic nitrogens is 1. The first-order valence-electron chi connectivity index (χ1n) is 7.01. The molecule has 1 heterocycles.